The molecular weight excluding hydrogens is 363 g/mol. The fraction of sp³-hybridized carbons (Fsp3) is 0. The summed E-state index contributed by atoms with van der Waals surface area (Å²) in [5, 5.41) is 11.6. The molecule has 0 saturated heterocycles. The standard InChI is InChI=1S/C24H16BO2S/c26-25-27-22-15-19(17-9-5-2-6-10-17)14-21-20-13-18(16-7-3-1-4-8-16)11-12-23(20)28-24(21)22/h1-15,26H. The molecule has 1 N–H and O–H groups in total. The quantitative estimate of drug-likeness (QED) is 0.372. The SMILES string of the molecule is O[B]Oc1cc(-c2ccccc2)cc2c1sc1ccc(-c3ccccc3)cc12. The summed E-state index contributed by atoms with van der Waals surface area (Å²) in [6.45, 7) is 0. The van der Waals surface area contributed by atoms with Gasteiger partial charge in [-0.25, -0.2) is 0 Å². The summed E-state index contributed by atoms with van der Waals surface area (Å²) < 4.78 is 7.70. The van der Waals surface area contributed by atoms with E-state index >= 15 is 0 Å². The van der Waals surface area contributed by atoms with Gasteiger partial charge in [-0.15, -0.1) is 11.3 Å². The summed E-state index contributed by atoms with van der Waals surface area (Å²) in [7, 11) is 0.753. The van der Waals surface area contributed by atoms with Crippen LogP contribution in [0.4, 0.5) is 0 Å². The lowest BCUT2D eigenvalue weighted by Crippen LogP contribution is -1.99. The van der Waals surface area contributed by atoms with E-state index < -0.39 is 0 Å². The highest BCUT2D eigenvalue weighted by molar-refractivity contribution is 7.26. The number of fused-ring (bicyclic) bond motifs is 3. The number of benzene rings is 4. The minimum atomic E-state index is 0.668. The van der Waals surface area contributed by atoms with Crippen molar-refractivity contribution in [2.75, 3.05) is 0 Å². The van der Waals surface area contributed by atoms with Gasteiger partial charge in [0.15, 0.2) is 0 Å². The Morgan fingerprint density at radius 2 is 1.29 bits per heavy atom. The zero-order valence-electron chi connectivity index (χ0n) is 15.0. The maximum Gasteiger partial charge on any atom is 0.569 e. The molecule has 0 fully saturated rings. The van der Waals surface area contributed by atoms with Crippen molar-refractivity contribution < 1.29 is 9.68 Å². The van der Waals surface area contributed by atoms with Crippen LogP contribution >= 0.6 is 11.3 Å². The predicted molar refractivity (Wildman–Crippen MR) is 119 cm³/mol. The van der Waals surface area contributed by atoms with E-state index in [9.17, 15) is 5.02 Å². The summed E-state index contributed by atoms with van der Waals surface area (Å²) in [4.78, 5) is 0. The Balaban J connectivity index is 1.78. The Morgan fingerprint density at radius 3 is 1.96 bits per heavy atom. The van der Waals surface area contributed by atoms with Gasteiger partial charge >= 0.3 is 7.69 Å². The zero-order chi connectivity index (χ0) is 18.9. The Kier molecular flexibility index (Phi) is 4.36. The maximum atomic E-state index is 9.27. The van der Waals surface area contributed by atoms with E-state index in [2.05, 4.69) is 60.7 Å². The number of hydrogen-bond donors (Lipinski definition) is 1. The summed E-state index contributed by atoms with van der Waals surface area (Å²) in [6, 6.07) is 31.4. The Morgan fingerprint density at radius 1 is 0.643 bits per heavy atom. The summed E-state index contributed by atoms with van der Waals surface area (Å²) in [5.74, 6) is 0.668. The normalized spacial score (nSPS) is 11.0. The van der Waals surface area contributed by atoms with Crippen molar-refractivity contribution in [3.63, 3.8) is 0 Å². The minimum Gasteiger partial charge on any atom is -0.536 e. The molecule has 0 saturated carbocycles. The molecule has 0 aliphatic carbocycles. The number of rotatable bonds is 4. The van der Waals surface area contributed by atoms with Gasteiger partial charge in [0.25, 0.3) is 0 Å². The van der Waals surface area contributed by atoms with Crippen molar-refractivity contribution >= 4 is 39.2 Å². The summed E-state index contributed by atoms with van der Waals surface area (Å²) in [6.07, 6.45) is 0. The smallest absolute Gasteiger partial charge is 0.536 e. The van der Waals surface area contributed by atoms with Gasteiger partial charge in [-0.2, -0.15) is 0 Å². The molecule has 133 valence electrons. The summed E-state index contributed by atoms with van der Waals surface area (Å²) in [5.41, 5.74) is 4.57. The third-order valence-corrected chi connectivity index (χ3v) is 6.13. The number of thiophene rings is 1. The lowest BCUT2D eigenvalue weighted by atomic mass is 10.00. The molecule has 5 aromatic rings. The van der Waals surface area contributed by atoms with E-state index in [1.165, 1.54) is 21.2 Å². The molecule has 1 heterocycles. The molecule has 0 unspecified atom stereocenters. The van der Waals surface area contributed by atoms with Crippen LogP contribution < -0.4 is 4.65 Å². The molecule has 4 heteroatoms. The van der Waals surface area contributed by atoms with E-state index in [0.717, 1.165) is 28.9 Å². The van der Waals surface area contributed by atoms with Crippen LogP contribution in [0.1, 0.15) is 0 Å². The Bertz CT molecular complexity index is 1260. The van der Waals surface area contributed by atoms with Crippen molar-refractivity contribution in [1.82, 2.24) is 0 Å². The van der Waals surface area contributed by atoms with Gasteiger partial charge in [-0.3, -0.25) is 0 Å². The molecule has 2 nitrogen and oxygen atoms in total. The predicted octanol–water partition coefficient (Wildman–Crippen LogP) is 6.29. The van der Waals surface area contributed by atoms with Crippen LogP contribution in [0.15, 0.2) is 91.0 Å². The lowest BCUT2D eigenvalue weighted by Gasteiger charge is -2.08. The average Bonchev–Trinajstić information content (AvgIpc) is 3.13. The monoisotopic (exact) mass is 379 g/mol. The van der Waals surface area contributed by atoms with Crippen LogP contribution in [-0.2, 0) is 0 Å². The topological polar surface area (TPSA) is 29.5 Å². The van der Waals surface area contributed by atoms with Gasteiger partial charge < -0.3 is 9.68 Å². The lowest BCUT2D eigenvalue weighted by molar-refractivity contribution is 0.457. The Labute approximate surface area is 168 Å². The van der Waals surface area contributed by atoms with Crippen LogP contribution in [0.2, 0.25) is 0 Å². The second-order valence-corrected chi connectivity index (χ2v) is 7.67. The molecule has 0 aliphatic rings. The first-order chi connectivity index (χ1) is 13.8. The van der Waals surface area contributed by atoms with E-state index in [0.29, 0.717) is 5.75 Å². The van der Waals surface area contributed by atoms with Crippen LogP contribution in [0, 0.1) is 0 Å². The highest BCUT2D eigenvalue weighted by Crippen LogP contribution is 2.43. The first kappa shape index (κ1) is 17.1. The minimum absolute atomic E-state index is 0.668. The van der Waals surface area contributed by atoms with E-state index in [1.54, 1.807) is 11.3 Å². The molecule has 0 aliphatic heterocycles. The van der Waals surface area contributed by atoms with Crippen molar-refractivity contribution in [3.8, 4) is 28.0 Å². The van der Waals surface area contributed by atoms with Crippen LogP contribution in [0.3, 0.4) is 0 Å². The summed E-state index contributed by atoms with van der Waals surface area (Å²) >= 11 is 1.68. The third kappa shape index (κ3) is 2.97. The second kappa shape index (κ2) is 7.15. The largest absolute Gasteiger partial charge is 0.569 e. The van der Waals surface area contributed by atoms with Gasteiger partial charge in [-0.1, -0.05) is 66.7 Å². The molecule has 1 aromatic heterocycles. The van der Waals surface area contributed by atoms with E-state index in [1.807, 2.05) is 30.3 Å². The van der Waals surface area contributed by atoms with Gasteiger partial charge in [0.2, 0.25) is 0 Å². The molecule has 4 aromatic carbocycles. The second-order valence-electron chi connectivity index (χ2n) is 6.62. The first-order valence-corrected chi connectivity index (χ1v) is 9.89. The van der Waals surface area contributed by atoms with Crippen LogP contribution in [-0.4, -0.2) is 12.7 Å². The highest BCUT2D eigenvalue weighted by atomic mass is 32.1. The molecule has 0 spiro atoms. The number of hydrogen-bond acceptors (Lipinski definition) is 3. The van der Waals surface area contributed by atoms with Crippen molar-refractivity contribution in [2.24, 2.45) is 0 Å². The van der Waals surface area contributed by atoms with E-state index in [4.69, 9.17) is 4.65 Å². The van der Waals surface area contributed by atoms with Gasteiger partial charge in [0.05, 0.1) is 4.70 Å². The fourth-order valence-electron chi connectivity index (χ4n) is 3.60. The van der Waals surface area contributed by atoms with Crippen molar-refractivity contribution in [2.45, 2.75) is 0 Å². The average molecular weight is 379 g/mol. The molecule has 0 bridgehead atoms. The molecule has 5 rings (SSSR count). The van der Waals surface area contributed by atoms with Crippen molar-refractivity contribution in [1.29, 1.82) is 0 Å². The zero-order valence-corrected chi connectivity index (χ0v) is 15.8. The van der Waals surface area contributed by atoms with Gasteiger partial charge in [0.1, 0.15) is 5.75 Å². The van der Waals surface area contributed by atoms with Gasteiger partial charge in [0, 0.05) is 15.5 Å². The van der Waals surface area contributed by atoms with Crippen molar-refractivity contribution in [3.05, 3.63) is 91.0 Å². The van der Waals surface area contributed by atoms with E-state index in [-0.39, 0.29) is 0 Å². The molecule has 28 heavy (non-hydrogen) atoms. The van der Waals surface area contributed by atoms with Gasteiger partial charge in [-0.05, 0) is 46.5 Å². The fourth-order valence-corrected chi connectivity index (χ4v) is 4.72. The molecule has 1 radical (unpaired) electrons. The molecular formula is C24H16BO2S. The van der Waals surface area contributed by atoms with Crippen LogP contribution in [0.25, 0.3) is 42.4 Å². The van der Waals surface area contributed by atoms with Crippen LogP contribution in [0.5, 0.6) is 5.75 Å². The Hall–Kier alpha value is -3.08. The first-order valence-electron chi connectivity index (χ1n) is 9.07. The third-order valence-electron chi connectivity index (χ3n) is 4.93. The highest BCUT2D eigenvalue weighted by Gasteiger charge is 2.14. The molecule has 0 amide bonds. The maximum absolute atomic E-state index is 9.27. The molecule has 0 atom stereocenters.